The lowest BCUT2D eigenvalue weighted by Gasteiger charge is -2.07. The van der Waals surface area contributed by atoms with E-state index in [0.29, 0.717) is 27.5 Å². The van der Waals surface area contributed by atoms with Crippen molar-refractivity contribution in [3.8, 4) is 0 Å². The normalized spacial score (nSPS) is 11.5. The SMILES string of the molecule is O=C(Nc1ccccc1)c1cc2ccccc2oc1=Nc1ccc(Cl)cc1. The van der Waals surface area contributed by atoms with Crippen LogP contribution in [0.5, 0.6) is 0 Å². The fraction of sp³-hybridized carbons (Fsp3) is 0. The number of rotatable bonds is 3. The van der Waals surface area contributed by atoms with E-state index in [1.807, 2.05) is 54.6 Å². The van der Waals surface area contributed by atoms with Gasteiger partial charge in [-0.2, -0.15) is 0 Å². The van der Waals surface area contributed by atoms with Gasteiger partial charge in [-0.3, -0.25) is 4.79 Å². The molecule has 132 valence electrons. The molecule has 0 radical (unpaired) electrons. The maximum Gasteiger partial charge on any atom is 0.261 e. The molecule has 4 nitrogen and oxygen atoms in total. The molecule has 1 amide bonds. The van der Waals surface area contributed by atoms with Crippen molar-refractivity contribution >= 4 is 39.9 Å². The smallest absolute Gasteiger partial charge is 0.261 e. The molecule has 5 heteroatoms. The van der Waals surface area contributed by atoms with Gasteiger partial charge in [-0.15, -0.1) is 0 Å². The average Bonchev–Trinajstić information content (AvgIpc) is 2.70. The first-order valence-electron chi connectivity index (χ1n) is 8.39. The minimum Gasteiger partial charge on any atom is -0.438 e. The second kappa shape index (κ2) is 7.48. The van der Waals surface area contributed by atoms with Gasteiger partial charge in [-0.1, -0.05) is 48.0 Å². The third-order valence-corrected chi connectivity index (χ3v) is 4.24. The Balaban J connectivity index is 1.84. The van der Waals surface area contributed by atoms with E-state index >= 15 is 0 Å². The van der Waals surface area contributed by atoms with Gasteiger partial charge < -0.3 is 9.73 Å². The summed E-state index contributed by atoms with van der Waals surface area (Å²) >= 11 is 5.94. The van der Waals surface area contributed by atoms with Crippen molar-refractivity contribution in [3.63, 3.8) is 0 Å². The Bertz CT molecular complexity index is 1170. The molecule has 0 fully saturated rings. The minimum absolute atomic E-state index is 0.240. The number of hydrogen-bond acceptors (Lipinski definition) is 3. The highest BCUT2D eigenvalue weighted by Gasteiger charge is 2.13. The first-order chi connectivity index (χ1) is 13.2. The number of carbonyl (C=O) groups is 1. The molecule has 0 saturated carbocycles. The van der Waals surface area contributed by atoms with E-state index in [9.17, 15) is 4.79 Å². The van der Waals surface area contributed by atoms with Crippen LogP contribution in [0.3, 0.4) is 0 Å². The van der Waals surface area contributed by atoms with Gasteiger partial charge in [0, 0.05) is 16.1 Å². The molecule has 1 heterocycles. The van der Waals surface area contributed by atoms with Gasteiger partial charge in [-0.25, -0.2) is 4.99 Å². The largest absolute Gasteiger partial charge is 0.438 e. The van der Waals surface area contributed by atoms with E-state index in [2.05, 4.69) is 10.3 Å². The van der Waals surface area contributed by atoms with Crippen molar-refractivity contribution in [1.29, 1.82) is 0 Å². The molecule has 1 N–H and O–H groups in total. The van der Waals surface area contributed by atoms with Crippen molar-refractivity contribution in [1.82, 2.24) is 0 Å². The Kier molecular flexibility index (Phi) is 4.73. The molecule has 0 atom stereocenters. The van der Waals surface area contributed by atoms with Gasteiger partial charge >= 0.3 is 0 Å². The van der Waals surface area contributed by atoms with Gasteiger partial charge in [0.05, 0.1) is 5.69 Å². The molecule has 27 heavy (non-hydrogen) atoms. The van der Waals surface area contributed by atoms with Gasteiger partial charge in [0.1, 0.15) is 11.1 Å². The summed E-state index contributed by atoms with van der Waals surface area (Å²) in [6.07, 6.45) is 0. The van der Waals surface area contributed by atoms with Crippen LogP contribution in [0.4, 0.5) is 11.4 Å². The number of benzene rings is 3. The summed E-state index contributed by atoms with van der Waals surface area (Å²) in [6, 6.07) is 25.6. The predicted octanol–water partition coefficient (Wildman–Crippen LogP) is 5.57. The summed E-state index contributed by atoms with van der Waals surface area (Å²) in [4.78, 5) is 17.4. The molecule has 0 bridgehead atoms. The van der Waals surface area contributed by atoms with E-state index in [1.165, 1.54) is 0 Å². The molecule has 1 aromatic heterocycles. The average molecular weight is 375 g/mol. The van der Waals surface area contributed by atoms with Crippen LogP contribution in [0.2, 0.25) is 5.02 Å². The number of carbonyl (C=O) groups excluding carboxylic acids is 1. The topological polar surface area (TPSA) is 54.6 Å². The standard InChI is InChI=1S/C22H15ClN2O2/c23-16-10-12-18(13-11-16)25-22-19(14-15-6-4-5-9-20(15)27-22)21(26)24-17-7-2-1-3-8-17/h1-14H,(H,24,26). The fourth-order valence-electron chi connectivity index (χ4n) is 2.67. The predicted molar refractivity (Wildman–Crippen MR) is 107 cm³/mol. The van der Waals surface area contributed by atoms with Gasteiger partial charge in [0.15, 0.2) is 0 Å². The van der Waals surface area contributed by atoms with Crippen LogP contribution in [-0.4, -0.2) is 5.91 Å². The van der Waals surface area contributed by atoms with Crippen molar-refractivity contribution in [2.24, 2.45) is 4.99 Å². The number of amides is 1. The van der Waals surface area contributed by atoms with E-state index in [1.54, 1.807) is 30.3 Å². The van der Waals surface area contributed by atoms with Crippen LogP contribution in [-0.2, 0) is 0 Å². The van der Waals surface area contributed by atoms with Crippen LogP contribution in [0.25, 0.3) is 11.0 Å². The van der Waals surface area contributed by atoms with Gasteiger partial charge in [0.2, 0.25) is 5.55 Å². The lowest BCUT2D eigenvalue weighted by molar-refractivity contribution is 0.102. The van der Waals surface area contributed by atoms with E-state index in [0.717, 1.165) is 5.39 Å². The van der Waals surface area contributed by atoms with E-state index < -0.39 is 0 Å². The summed E-state index contributed by atoms with van der Waals surface area (Å²) in [5.41, 5.74) is 2.60. The number of para-hydroxylation sites is 2. The molecule has 4 rings (SSSR count). The van der Waals surface area contributed by atoms with Gasteiger partial charge in [-0.05, 0) is 48.5 Å². The fourth-order valence-corrected chi connectivity index (χ4v) is 2.79. The molecule has 0 aliphatic rings. The Morgan fingerprint density at radius 1 is 0.889 bits per heavy atom. The van der Waals surface area contributed by atoms with Crippen molar-refractivity contribution in [2.75, 3.05) is 5.32 Å². The highest BCUT2D eigenvalue weighted by atomic mass is 35.5. The maximum atomic E-state index is 12.9. The number of anilines is 1. The quantitative estimate of drug-likeness (QED) is 0.509. The first kappa shape index (κ1) is 17.1. The van der Waals surface area contributed by atoms with Crippen molar-refractivity contribution in [2.45, 2.75) is 0 Å². The zero-order valence-electron chi connectivity index (χ0n) is 14.2. The molecule has 0 saturated heterocycles. The molecule has 3 aromatic carbocycles. The van der Waals surface area contributed by atoms with E-state index in [-0.39, 0.29) is 11.5 Å². The first-order valence-corrected chi connectivity index (χ1v) is 8.76. The molecule has 0 aliphatic carbocycles. The second-order valence-electron chi connectivity index (χ2n) is 5.91. The summed E-state index contributed by atoms with van der Waals surface area (Å²) in [5, 5.41) is 4.32. The molecular formula is C22H15ClN2O2. The second-order valence-corrected chi connectivity index (χ2v) is 6.35. The van der Waals surface area contributed by atoms with Gasteiger partial charge in [0.25, 0.3) is 5.91 Å². The summed E-state index contributed by atoms with van der Waals surface area (Å²) in [5.74, 6) is -0.289. The third-order valence-electron chi connectivity index (χ3n) is 3.99. The lowest BCUT2D eigenvalue weighted by atomic mass is 10.1. The highest BCUT2D eigenvalue weighted by molar-refractivity contribution is 6.30. The summed E-state index contributed by atoms with van der Waals surface area (Å²) in [7, 11) is 0. The summed E-state index contributed by atoms with van der Waals surface area (Å²) < 4.78 is 5.93. The number of halogens is 1. The Morgan fingerprint density at radius 3 is 2.37 bits per heavy atom. The Hall–Kier alpha value is -3.37. The van der Waals surface area contributed by atoms with Crippen LogP contribution in [0.1, 0.15) is 10.4 Å². The highest BCUT2D eigenvalue weighted by Crippen LogP contribution is 2.18. The number of hydrogen-bond donors (Lipinski definition) is 1. The molecule has 0 spiro atoms. The monoisotopic (exact) mass is 374 g/mol. The van der Waals surface area contributed by atoms with Crippen LogP contribution < -0.4 is 10.9 Å². The van der Waals surface area contributed by atoms with Crippen LogP contribution in [0, 0.1) is 0 Å². The minimum atomic E-state index is -0.289. The van der Waals surface area contributed by atoms with E-state index in [4.69, 9.17) is 16.0 Å². The molecule has 4 aromatic rings. The number of fused-ring (bicyclic) bond motifs is 1. The van der Waals surface area contributed by atoms with Crippen LogP contribution >= 0.6 is 11.6 Å². The Labute approximate surface area is 160 Å². The molecular weight excluding hydrogens is 360 g/mol. The number of nitrogens with zero attached hydrogens (tertiary/aromatic N) is 1. The zero-order valence-corrected chi connectivity index (χ0v) is 15.0. The van der Waals surface area contributed by atoms with Crippen molar-refractivity contribution < 1.29 is 9.21 Å². The Morgan fingerprint density at radius 2 is 1.59 bits per heavy atom. The molecule has 0 aliphatic heterocycles. The lowest BCUT2D eigenvalue weighted by Crippen LogP contribution is -2.21. The number of nitrogens with one attached hydrogen (secondary N) is 1. The molecule has 0 unspecified atom stereocenters. The zero-order chi connectivity index (χ0) is 18.6. The maximum absolute atomic E-state index is 12.9. The van der Waals surface area contributed by atoms with Crippen LogP contribution in [0.15, 0.2) is 94.3 Å². The third kappa shape index (κ3) is 3.91. The summed E-state index contributed by atoms with van der Waals surface area (Å²) in [6.45, 7) is 0. The van der Waals surface area contributed by atoms with Crippen molar-refractivity contribution in [3.05, 3.63) is 101 Å².